The lowest BCUT2D eigenvalue weighted by Gasteiger charge is -2.28. The first-order valence-corrected chi connectivity index (χ1v) is 30.7. The second kappa shape index (κ2) is 23.4. The number of ketones is 1. The Morgan fingerprint density at radius 1 is 0.711 bits per heavy atom. The molecule has 0 fully saturated rings. The minimum Gasteiger partial charge on any atom is -0.493 e. The van der Waals surface area contributed by atoms with E-state index in [1.807, 2.05) is 78.6 Å². The van der Waals surface area contributed by atoms with Crippen molar-refractivity contribution in [1.29, 1.82) is 0 Å². The summed E-state index contributed by atoms with van der Waals surface area (Å²) in [5.41, 5.74) is 8.55. The van der Waals surface area contributed by atoms with Gasteiger partial charge in [0.25, 0.3) is 32.1 Å². The van der Waals surface area contributed by atoms with Gasteiger partial charge in [-0.3, -0.25) is 27.5 Å². The van der Waals surface area contributed by atoms with Crippen LogP contribution in [0.5, 0.6) is 17.2 Å². The molecule has 4 aliphatic heterocycles. The third kappa shape index (κ3) is 11.5. The van der Waals surface area contributed by atoms with Gasteiger partial charge in [0, 0.05) is 58.6 Å². The summed E-state index contributed by atoms with van der Waals surface area (Å²) in [6, 6.07) is 27.5. The Balaban J connectivity index is 0.928. The van der Waals surface area contributed by atoms with Crippen LogP contribution in [0.25, 0.3) is 0 Å². The zero-order chi connectivity index (χ0) is 53.9. The van der Waals surface area contributed by atoms with Crippen molar-refractivity contribution in [3.63, 3.8) is 0 Å². The summed E-state index contributed by atoms with van der Waals surface area (Å²) in [5, 5.41) is 0.775. The van der Waals surface area contributed by atoms with Crippen molar-refractivity contribution in [3.8, 4) is 17.2 Å². The smallest absolute Gasteiger partial charge is 0.277 e. The third-order valence-corrected chi connectivity index (χ3v) is 20.4. The van der Waals surface area contributed by atoms with Crippen LogP contribution in [0.4, 0.5) is 17.1 Å². The fourth-order valence-electron chi connectivity index (χ4n) is 10.7. The summed E-state index contributed by atoms with van der Waals surface area (Å²) < 4.78 is 80.3. The highest BCUT2D eigenvalue weighted by Crippen LogP contribution is 2.43. The SMILES string of the molecule is CCC(=O)C(CCSSCCCC(=O)Nc1cc(COc2cc3c(cc2C)C(=O)N2c4ccccc4C[C@H]2C(S(=O)(=O)OC)C3)cc(COc2cc3c(cc2OC)C(=O)N2c4ccccc4C[C@H]2CC3)c1)S(=O)(=O)OC. The molecule has 5 aromatic carbocycles. The molecule has 16 nitrogen and oxygen atoms in total. The Labute approximate surface area is 452 Å². The standard InChI is InChI=1S/C56H61N3O13S4/c1-6-48(60)52(75(64,65)69-4)19-21-74-73-20-11-16-54(61)57-41-24-35(23-36(25-41)33-72-51-28-37-17-18-42-26-38-12-7-9-14-45(38)58(42)55(62)44(37)31-50(51)68-3)32-71-49-29-40-30-53(76(66,67)70-5)47-27-39-13-8-10-15-46(39)59(47)56(63)43(40)22-34(49)2/h7-10,12-15,22-25,28-29,31,42,47,52-53H,6,11,16-21,26-27,30,32-33H2,1-5H3,(H,57,61)/t42-,47+,52?,53?/m1/s1. The van der Waals surface area contributed by atoms with Gasteiger partial charge >= 0.3 is 0 Å². The summed E-state index contributed by atoms with van der Waals surface area (Å²) in [6.07, 6.45) is 3.57. The van der Waals surface area contributed by atoms with Gasteiger partial charge in [0.1, 0.15) is 29.5 Å². The van der Waals surface area contributed by atoms with Crippen molar-refractivity contribution in [1.82, 2.24) is 0 Å². The molecule has 0 spiro atoms. The molecule has 4 aliphatic rings. The third-order valence-electron chi connectivity index (χ3n) is 14.6. The van der Waals surface area contributed by atoms with E-state index in [2.05, 4.69) is 15.6 Å². The molecule has 5 aromatic rings. The van der Waals surface area contributed by atoms with Gasteiger partial charge in [-0.15, -0.1) is 0 Å². The maximum atomic E-state index is 14.4. The van der Waals surface area contributed by atoms with Crippen LogP contribution in [-0.2, 0) is 77.1 Å². The Bertz CT molecular complexity index is 3300. The summed E-state index contributed by atoms with van der Waals surface area (Å²) in [5.74, 6) is 1.33. The molecule has 4 heterocycles. The predicted octanol–water partition coefficient (Wildman–Crippen LogP) is 8.97. The number of amides is 3. The molecule has 9 rings (SSSR count). The number of aryl methyl sites for hydroxylation is 2. The monoisotopic (exact) mass is 1110 g/mol. The van der Waals surface area contributed by atoms with E-state index in [1.54, 1.807) is 30.0 Å². The van der Waals surface area contributed by atoms with E-state index >= 15 is 0 Å². The number of rotatable bonds is 22. The molecule has 0 aromatic heterocycles. The van der Waals surface area contributed by atoms with Gasteiger partial charge in [-0.25, -0.2) is 0 Å². The zero-order valence-electron chi connectivity index (χ0n) is 43.0. The number of para-hydroxylation sites is 2. The topological polar surface area (TPSA) is 201 Å². The molecular formula is C56H61N3O13S4. The number of hydrogen-bond donors (Lipinski definition) is 1. The average molecular weight is 1110 g/mol. The van der Waals surface area contributed by atoms with Crippen LogP contribution < -0.4 is 29.3 Å². The van der Waals surface area contributed by atoms with Crippen LogP contribution in [0.15, 0.2) is 91.0 Å². The van der Waals surface area contributed by atoms with E-state index in [4.69, 9.17) is 18.4 Å². The Morgan fingerprint density at radius 2 is 1.34 bits per heavy atom. The van der Waals surface area contributed by atoms with Crippen molar-refractivity contribution in [2.24, 2.45) is 0 Å². The normalized spacial score (nSPS) is 18.0. The molecule has 402 valence electrons. The minimum absolute atomic E-state index is 0.0233. The lowest BCUT2D eigenvalue weighted by Crippen LogP contribution is -2.47. The molecule has 0 bridgehead atoms. The fourth-order valence-corrected chi connectivity index (χ4v) is 15.4. The zero-order valence-corrected chi connectivity index (χ0v) is 46.3. The highest BCUT2D eigenvalue weighted by atomic mass is 33.1. The van der Waals surface area contributed by atoms with E-state index < -0.39 is 42.6 Å². The van der Waals surface area contributed by atoms with Crippen LogP contribution in [0.3, 0.4) is 0 Å². The van der Waals surface area contributed by atoms with Gasteiger partial charge in [-0.05, 0) is 145 Å². The number of Topliss-reactive ketones (excluding diaryl/α,β-unsaturated/α-hetero) is 1. The number of hydrogen-bond acceptors (Lipinski definition) is 15. The second-order valence-corrected chi connectivity index (χ2v) is 25.8. The lowest BCUT2D eigenvalue weighted by molar-refractivity contribution is -0.118. The van der Waals surface area contributed by atoms with Crippen molar-refractivity contribution in [3.05, 3.63) is 141 Å². The number of ether oxygens (including phenoxy) is 3. The molecule has 3 amide bonds. The number of nitrogens with zero attached hydrogens (tertiary/aromatic N) is 2. The molecule has 0 saturated carbocycles. The number of fused-ring (bicyclic) bond motifs is 8. The minimum atomic E-state index is -4.10. The molecule has 0 saturated heterocycles. The molecule has 0 radical (unpaired) electrons. The molecule has 1 N–H and O–H groups in total. The Kier molecular flexibility index (Phi) is 16.9. The average Bonchev–Trinajstić information content (AvgIpc) is 3.95. The predicted molar refractivity (Wildman–Crippen MR) is 295 cm³/mol. The summed E-state index contributed by atoms with van der Waals surface area (Å²) in [6.45, 7) is 3.54. The highest BCUT2D eigenvalue weighted by molar-refractivity contribution is 8.76. The molecular weight excluding hydrogens is 1050 g/mol. The van der Waals surface area contributed by atoms with Gasteiger partial charge in [0.2, 0.25) is 5.91 Å². The number of carbonyl (C=O) groups is 4. The first kappa shape index (κ1) is 54.9. The summed E-state index contributed by atoms with van der Waals surface area (Å²) >= 11 is 0. The van der Waals surface area contributed by atoms with E-state index in [0.717, 1.165) is 49.4 Å². The van der Waals surface area contributed by atoms with E-state index in [-0.39, 0.29) is 62.7 Å². The fraction of sp³-hybridized carbons (Fsp3) is 0.393. The summed E-state index contributed by atoms with van der Waals surface area (Å²) in [4.78, 5) is 57.9. The second-order valence-electron chi connectivity index (χ2n) is 19.3. The van der Waals surface area contributed by atoms with Crippen molar-refractivity contribution < 1.29 is 58.6 Å². The van der Waals surface area contributed by atoms with E-state index in [0.29, 0.717) is 92.8 Å². The van der Waals surface area contributed by atoms with Gasteiger partial charge in [0.15, 0.2) is 17.3 Å². The van der Waals surface area contributed by atoms with E-state index in [9.17, 15) is 36.0 Å². The summed E-state index contributed by atoms with van der Waals surface area (Å²) in [7, 11) is -1.43. The van der Waals surface area contributed by atoms with Crippen molar-refractivity contribution in [2.75, 3.05) is 48.0 Å². The maximum Gasteiger partial charge on any atom is 0.277 e. The quantitative estimate of drug-likeness (QED) is 0.0391. The van der Waals surface area contributed by atoms with Crippen LogP contribution in [0.2, 0.25) is 0 Å². The van der Waals surface area contributed by atoms with Crippen molar-refractivity contribution in [2.45, 2.75) is 107 Å². The maximum absolute atomic E-state index is 14.4. The van der Waals surface area contributed by atoms with Gasteiger partial charge in [0.05, 0.1) is 27.4 Å². The number of anilines is 3. The molecule has 2 unspecified atom stereocenters. The Morgan fingerprint density at radius 3 is 2.03 bits per heavy atom. The molecule has 76 heavy (non-hydrogen) atoms. The number of methoxy groups -OCH3 is 1. The van der Waals surface area contributed by atoms with Crippen LogP contribution in [-0.4, -0.2) is 95.8 Å². The number of benzene rings is 5. The van der Waals surface area contributed by atoms with Gasteiger partial charge in [-0.2, -0.15) is 16.8 Å². The highest BCUT2D eigenvalue weighted by Gasteiger charge is 2.48. The van der Waals surface area contributed by atoms with Crippen molar-refractivity contribution >= 4 is 82.4 Å². The number of nitrogens with one attached hydrogen (secondary N) is 1. The van der Waals surface area contributed by atoms with Gasteiger partial charge < -0.3 is 29.3 Å². The first-order valence-electron chi connectivity index (χ1n) is 25.3. The first-order chi connectivity index (χ1) is 36.5. The van der Waals surface area contributed by atoms with Crippen LogP contribution in [0, 0.1) is 6.92 Å². The molecule has 20 heteroatoms. The van der Waals surface area contributed by atoms with Crippen LogP contribution in [0.1, 0.15) is 98.7 Å². The van der Waals surface area contributed by atoms with E-state index in [1.165, 1.54) is 28.7 Å². The van der Waals surface area contributed by atoms with Crippen LogP contribution >= 0.6 is 21.6 Å². The van der Waals surface area contributed by atoms with Gasteiger partial charge in [-0.1, -0.05) is 64.9 Å². The number of carbonyl (C=O) groups excluding carboxylic acids is 4. The molecule has 4 atom stereocenters. The largest absolute Gasteiger partial charge is 0.493 e. The Hall–Kier alpha value is -5.90. The molecule has 0 aliphatic carbocycles. The lowest BCUT2D eigenvalue weighted by atomic mass is 9.97.